The van der Waals surface area contributed by atoms with Crippen LogP contribution in [0.4, 0.5) is 8.78 Å². The van der Waals surface area contributed by atoms with Crippen LogP contribution in [0.1, 0.15) is 19.0 Å². The molecule has 39 heavy (non-hydrogen) atoms. The third kappa shape index (κ3) is 5.02. The molecular formula is C31H27F2N5S. The second-order valence-corrected chi connectivity index (χ2v) is 10.7. The van der Waals surface area contributed by atoms with Crippen LogP contribution in [-0.4, -0.2) is 50.6 Å². The molecule has 4 aromatic heterocycles. The van der Waals surface area contributed by atoms with E-state index in [0.29, 0.717) is 13.1 Å². The lowest BCUT2D eigenvalue weighted by Crippen LogP contribution is -2.26. The Morgan fingerprint density at radius 2 is 2.10 bits per heavy atom. The van der Waals surface area contributed by atoms with Gasteiger partial charge in [-0.25, -0.2) is 13.8 Å². The minimum Gasteiger partial charge on any atom is -0.353 e. The standard InChI is InChI=1S/C31H27F2N5S/c1-3-7-20(18-38-14-13-31(32,33)19-38)16-21(4-2)24-11-12-26-29(35-24)30(37-36-26)27-17-23-22(28-10-6-15-39-28)8-5-9-25(23)34-27/h4-12,15-17,34H,1,13-14,18-19H2,2H3,(H,36,37)/b20-16+,21-4+. The van der Waals surface area contributed by atoms with Gasteiger partial charge in [-0.15, -0.1) is 17.1 Å². The van der Waals surface area contributed by atoms with E-state index in [1.165, 1.54) is 10.4 Å². The summed E-state index contributed by atoms with van der Waals surface area (Å²) in [7, 11) is 0. The van der Waals surface area contributed by atoms with Crippen molar-refractivity contribution in [2.75, 3.05) is 19.6 Å². The zero-order chi connectivity index (χ0) is 27.0. The van der Waals surface area contributed by atoms with E-state index in [-0.39, 0.29) is 13.0 Å². The topological polar surface area (TPSA) is 60.6 Å². The number of rotatable bonds is 7. The maximum absolute atomic E-state index is 13.7. The van der Waals surface area contributed by atoms with E-state index in [9.17, 15) is 8.78 Å². The fraction of sp³-hybridized carbons (Fsp3) is 0.194. The Labute approximate surface area is 228 Å². The van der Waals surface area contributed by atoms with Gasteiger partial charge in [0.25, 0.3) is 5.92 Å². The van der Waals surface area contributed by atoms with Crippen molar-refractivity contribution in [2.24, 2.45) is 0 Å². The van der Waals surface area contributed by atoms with Gasteiger partial charge in [0.15, 0.2) is 0 Å². The quantitative estimate of drug-likeness (QED) is 0.164. The molecule has 0 saturated carbocycles. The molecule has 0 bridgehead atoms. The molecule has 1 aromatic carbocycles. The van der Waals surface area contributed by atoms with Gasteiger partial charge < -0.3 is 4.98 Å². The summed E-state index contributed by atoms with van der Waals surface area (Å²) in [6.07, 6.45) is 5.58. The summed E-state index contributed by atoms with van der Waals surface area (Å²) < 4.78 is 27.5. The number of aromatic amines is 2. The summed E-state index contributed by atoms with van der Waals surface area (Å²) >= 11 is 1.71. The molecule has 5 nitrogen and oxygen atoms in total. The van der Waals surface area contributed by atoms with Crippen LogP contribution in [-0.2, 0) is 0 Å². The molecule has 8 heteroatoms. The molecule has 6 rings (SSSR count). The number of hydrogen-bond acceptors (Lipinski definition) is 4. The number of nitrogens with zero attached hydrogens (tertiary/aromatic N) is 3. The third-order valence-electron chi connectivity index (χ3n) is 7.00. The van der Waals surface area contributed by atoms with E-state index in [1.54, 1.807) is 22.3 Å². The maximum Gasteiger partial charge on any atom is 0.261 e. The lowest BCUT2D eigenvalue weighted by molar-refractivity contribution is 0.0131. The Hall–Kier alpha value is -4.10. The number of fused-ring (bicyclic) bond motifs is 2. The van der Waals surface area contributed by atoms with Crippen molar-refractivity contribution in [1.82, 2.24) is 25.1 Å². The SMILES string of the molecule is C=C=C/C(=C\C(=C/C)c1ccc2[nH]nc(-c3cc4c(-c5cccs5)cccc4[nH]3)c2n1)CN1CCC(F)(F)C1. The molecule has 0 aliphatic carbocycles. The molecule has 1 fully saturated rings. The zero-order valence-corrected chi connectivity index (χ0v) is 22.3. The normalized spacial score (nSPS) is 16.3. The maximum atomic E-state index is 13.7. The fourth-order valence-electron chi connectivity index (χ4n) is 5.15. The minimum atomic E-state index is -2.64. The predicted molar refractivity (Wildman–Crippen MR) is 156 cm³/mol. The van der Waals surface area contributed by atoms with Crippen molar-refractivity contribution < 1.29 is 8.78 Å². The van der Waals surface area contributed by atoms with Crippen molar-refractivity contribution >= 4 is 38.8 Å². The van der Waals surface area contributed by atoms with E-state index in [4.69, 9.17) is 4.98 Å². The number of halogens is 2. The zero-order valence-electron chi connectivity index (χ0n) is 21.5. The van der Waals surface area contributed by atoms with Crippen molar-refractivity contribution in [3.63, 3.8) is 0 Å². The Morgan fingerprint density at radius 3 is 2.85 bits per heavy atom. The van der Waals surface area contributed by atoms with Crippen LogP contribution in [0.2, 0.25) is 0 Å². The number of hydrogen-bond donors (Lipinski definition) is 2. The summed E-state index contributed by atoms with van der Waals surface area (Å²) in [5, 5.41) is 10.9. The van der Waals surface area contributed by atoms with Crippen LogP contribution in [0.15, 0.2) is 90.0 Å². The number of pyridine rings is 1. The Bertz CT molecular complexity index is 1770. The average Bonchev–Trinajstić information content (AvgIpc) is 3.72. The molecule has 1 aliphatic rings. The molecule has 0 spiro atoms. The van der Waals surface area contributed by atoms with Gasteiger partial charge in [-0.2, -0.15) is 5.10 Å². The number of benzene rings is 1. The summed E-state index contributed by atoms with van der Waals surface area (Å²) in [4.78, 5) is 11.5. The summed E-state index contributed by atoms with van der Waals surface area (Å²) in [5.41, 5.74) is 10.7. The summed E-state index contributed by atoms with van der Waals surface area (Å²) in [5.74, 6) is -2.64. The van der Waals surface area contributed by atoms with Gasteiger partial charge in [-0.05, 0) is 65.9 Å². The van der Waals surface area contributed by atoms with Crippen LogP contribution in [0.25, 0.3) is 49.3 Å². The summed E-state index contributed by atoms with van der Waals surface area (Å²) in [6.45, 7) is 6.16. The molecule has 2 N–H and O–H groups in total. The van der Waals surface area contributed by atoms with E-state index in [0.717, 1.165) is 50.2 Å². The van der Waals surface area contributed by atoms with Gasteiger partial charge >= 0.3 is 0 Å². The second-order valence-electron chi connectivity index (χ2n) is 9.72. The highest BCUT2D eigenvalue weighted by molar-refractivity contribution is 7.13. The molecule has 5 aromatic rings. The van der Waals surface area contributed by atoms with Crippen molar-refractivity contribution in [1.29, 1.82) is 0 Å². The van der Waals surface area contributed by atoms with Gasteiger partial charge in [-0.1, -0.05) is 30.9 Å². The van der Waals surface area contributed by atoms with Gasteiger partial charge in [0, 0.05) is 40.9 Å². The highest BCUT2D eigenvalue weighted by Gasteiger charge is 2.38. The summed E-state index contributed by atoms with van der Waals surface area (Å²) in [6, 6.07) is 16.5. The number of nitrogens with one attached hydrogen (secondary N) is 2. The Kier molecular flexibility index (Phi) is 6.61. The number of thiophene rings is 1. The molecule has 1 saturated heterocycles. The average molecular weight is 540 g/mol. The monoisotopic (exact) mass is 539 g/mol. The second kappa shape index (κ2) is 10.2. The molecule has 196 valence electrons. The number of aromatic nitrogens is 4. The lowest BCUT2D eigenvalue weighted by atomic mass is 10.1. The van der Waals surface area contributed by atoms with E-state index >= 15 is 0 Å². The lowest BCUT2D eigenvalue weighted by Gasteiger charge is -2.16. The molecule has 1 aliphatic heterocycles. The molecule has 0 amide bonds. The van der Waals surface area contributed by atoms with Crippen LogP contribution < -0.4 is 0 Å². The highest BCUT2D eigenvalue weighted by Crippen LogP contribution is 2.36. The Balaban J connectivity index is 1.36. The van der Waals surface area contributed by atoms with E-state index in [2.05, 4.69) is 69.3 Å². The first-order valence-electron chi connectivity index (χ1n) is 12.8. The molecular weight excluding hydrogens is 512 g/mol. The largest absolute Gasteiger partial charge is 0.353 e. The van der Waals surface area contributed by atoms with Gasteiger partial charge in [0.2, 0.25) is 0 Å². The van der Waals surface area contributed by atoms with Crippen LogP contribution in [0.5, 0.6) is 0 Å². The molecule has 0 atom stereocenters. The number of likely N-dealkylation sites (tertiary alicyclic amines) is 1. The number of H-pyrrole nitrogens is 2. The number of allylic oxidation sites excluding steroid dienone is 3. The molecule has 0 unspecified atom stereocenters. The van der Waals surface area contributed by atoms with Crippen LogP contribution in [0.3, 0.4) is 0 Å². The minimum absolute atomic E-state index is 0.112. The predicted octanol–water partition coefficient (Wildman–Crippen LogP) is 7.85. The first-order chi connectivity index (χ1) is 18.9. The van der Waals surface area contributed by atoms with Crippen molar-refractivity contribution in [3.05, 3.63) is 95.7 Å². The molecule has 5 heterocycles. The fourth-order valence-corrected chi connectivity index (χ4v) is 5.91. The smallest absolute Gasteiger partial charge is 0.261 e. The van der Waals surface area contributed by atoms with Crippen molar-refractivity contribution in [3.8, 4) is 21.8 Å². The number of alkyl halides is 2. The first-order valence-corrected chi connectivity index (χ1v) is 13.7. The van der Waals surface area contributed by atoms with Gasteiger partial charge in [-0.3, -0.25) is 10.00 Å². The van der Waals surface area contributed by atoms with E-state index < -0.39 is 5.92 Å². The molecule has 0 radical (unpaired) electrons. The van der Waals surface area contributed by atoms with Gasteiger partial charge in [0.1, 0.15) is 11.2 Å². The Morgan fingerprint density at radius 1 is 1.21 bits per heavy atom. The third-order valence-corrected chi connectivity index (χ3v) is 7.91. The van der Waals surface area contributed by atoms with Crippen LogP contribution >= 0.6 is 11.3 Å². The highest BCUT2D eigenvalue weighted by atomic mass is 32.1. The van der Waals surface area contributed by atoms with Crippen LogP contribution in [0, 0.1) is 0 Å². The first kappa shape index (κ1) is 25.2. The van der Waals surface area contributed by atoms with Gasteiger partial charge in [0.05, 0.1) is 23.4 Å². The van der Waals surface area contributed by atoms with Crippen molar-refractivity contribution in [2.45, 2.75) is 19.3 Å². The van der Waals surface area contributed by atoms with E-state index in [1.807, 2.05) is 31.2 Å².